The van der Waals surface area contributed by atoms with E-state index in [2.05, 4.69) is 15.5 Å². The van der Waals surface area contributed by atoms with E-state index in [0.717, 1.165) is 45.6 Å². The fourth-order valence-electron chi connectivity index (χ4n) is 3.50. The molecule has 2 fully saturated rings. The number of carbonyl (C=O) groups is 2. The summed E-state index contributed by atoms with van der Waals surface area (Å²) in [4.78, 5) is 26.8. The van der Waals surface area contributed by atoms with Crippen LogP contribution in [0.5, 0.6) is 0 Å². The molecule has 26 heavy (non-hydrogen) atoms. The topological polar surface area (TPSA) is 70.7 Å². The Kier molecular flexibility index (Phi) is 7.03. The highest BCUT2D eigenvalue weighted by Crippen LogP contribution is 2.12. The van der Waals surface area contributed by atoms with E-state index < -0.39 is 0 Å². The van der Waals surface area contributed by atoms with Crippen LogP contribution in [0.25, 0.3) is 0 Å². The zero-order chi connectivity index (χ0) is 18.2. The average Bonchev–Trinajstić information content (AvgIpc) is 2.69. The molecule has 0 unspecified atom stereocenters. The zero-order valence-corrected chi connectivity index (χ0v) is 15.3. The number of likely N-dealkylation sites (tertiary alicyclic amines) is 1. The van der Waals surface area contributed by atoms with Crippen LogP contribution in [0.15, 0.2) is 24.3 Å². The molecule has 0 saturated carbocycles. The van der Waals surface area contributed by atoms with Crippen LogP contribution in [-0.4, -0.2) is 62.1 Å². The Hall–Kier alpha value is -1.92. The van der Waals surface area contributed by atoms with Gasteiger partial charge in [-0.3, -0.25) is 4.79 Å². The van der Waals surface area contributed by atoms with Crippen LogP contribution in [0, 0.1) is 0 Å². The second-order valence-electron chi connectivity index (χ2n) is 7.09. The van der Waals surface area contributed by atoms with E-state index >= 15 is 0 Å². The molecule has 0 aromatic heterocycles. The van der Waals surface area contributed by atoms with Gasteiger partial charge >= 0.3 is 5.97 Å². The highest BCUT2D eigenvalue weighted by Gasteiger charge is 2.18. The fraction of sp³-hybridized carbons (Fsp3) is 0.600. The van der Waals surface area contributed by atoms with Gasteiger partial charge in [0.25, 0.3) is 5.91 Å². The van der Waals surface area contributed by atoms with E-state index in [-0.39, 0.29) is 18.0 Å². The van der Waals surface area contributed by atoms with Gasteiger partial charge in [0, 0.05) is 18.7 Å². The molecule has 0 radical (unpaired) electrons. The first kappa shape index (κ1) is 18.9. The van der Waals surface area contributed by atoms with E-state index in [4.69, 9.17) is 4.74 Å². The second kappa shape index (κ2) is 9.69. The van der Waals surface area contributed by atoms with Crippen LogP contribution in [0.1, 0.15) is 52.8 Å². The van der Waals surface area contributed by atoms with Crippen molar-refractivity contribution in [1.29, 1.82) is 0 Å². The third-order valence-corrected chi connectivity index (χ3v) is 5.10. The van der Waals surface area contributed by atoms with Gasteiger partial charge in [0.1, 0.15) is 6.10 Å². The van der Waals surface area contributed by atoms with E-state index in [1.807, 2.05) is 0 Å². The predicted molar refractivity (Wildman–Crippen MR) is 100 cm³/mol. The SMILES string of the molecule is O=C(NCCN1CCCCC1)c1ccc(C(=O)OC2CCNCC2)cc1. The quantitative estimate of drug-likeness (QED) is 0.758. The molecule has 142 valence electrons. The molecule has 3 rings (SSSR count). The highest BCUT2D eigenvalue weighted by atomic mass is 16.5. The summed E-state index contributed by atoms with van der Waals surface area (Å²) in [6.07, 6.45) is 5.51. The van der Waals surface area contributed by atoms with Crippen molar-refractivity contribution in [1.82, 2.24) is 15.5 Å². The molecule has 0 spiro atoms. The van der Waals surface area contributed by atoms with Gasteiger partial charge in [0.2, 0.25) is 0 Å². The van der Waals surface area contributed by atoms with Crippen LogP contribution >= 0.6 is 0 Å². The summed E-state index contributed by atoms with van der Waals surface area (Å²) < 4.78 is 5.52. The maximum Gasteiger partial charge on any atom is 0.338 e. The monoisotopic (exact) mass is 359 g/mol. The minimum absolute atomic E-state index is 0.0125. The molecule has 2 N–H and O–H groups in total. The van der Waals surface area contributed by atoms with E-state index in [0.29, 0.717) is 17.7 Å². The summed E-state index contributed by atoms with van der Waals surface area (Å²) in [5.74, 6) is -0.408. The standard InChI is InChI=1S/C20H29N3O3/c24-19(22-12-15-23-13-2-1-3-14-23)16-4-6-17(7-5-16)20(25)26-18-8-10-21-11-9-18/h4-7,18,21H,1-3,8-15H2,(H,22,24). The number of piperidine rings is 2. The molecule has 1 aromatic rings. The highest BCUT2D eigenvalue weighted by molar-refractivity contribution is 5.96. The van der Waals surface area contributed by atoms with Gasteiger partial charge in [-0.25, -0.2) is 4.79 Å². The number of hydrogen-bond acceptors (Lipinski definition) is 5. The Morgan fingerprint density at radius 2 is 1.69 bits per heavy atom. The second-order valence-corrected chi connectivity index (χ2v) is 7.09. The first-order valence-electron chi connectivity index (χ1n) is 9.75. The third-order valence-electron chi connectivity index (χ3n) is 5.10. The Morgan fingerprint density at radius 3 is 2.38 bits per heavy atom. The predicted octanol–water partition coefficient (Wildman–Crippen LogP) is 1.81. The minimum Gasteiger partial charge on any atom is -0.459 e. The summed E-state index contributed by atoms with van der Waals surface area (Å²) >= 11 is 0. The van der Waals surface area contributed by atoms with Crippen molar-refractivity contribution in [2.45, 2.75) is 38.2 Å². The van der Waals surface area contributed by atoms with Crippen LogP contribution in [0.4, 0.5) is 0 Å². The summed E-state index contributed by atoms with van der Waals surface area (Å²) in [5.41, 5.74) is 1.07. The Labute approximate surface area is 155 Å². The third kappa shape index (κ3) is 5.54. The van der Waals surface area contributed by atoms with Crippen molar-refractivity contribution >= 4 is 11.9 Å². The van der Waals surface area contributed by atoms with Gasteiger partial charge < -0.3 is 20.3 Å². The number of ether oxygens (including phenoxy) is 1. The van der Waals surface area contributed by atoms with Crippen molar-refractivity contribution in [3.05, 3.63) is 35.4 Å². The number of amides is 1. The molecule has 2 aliphatic rings. The Balaban J connectivity index is 1.43. The fourth-order valence-corrected chi connectivity index (χ4v) is 3.50. The Bertz CT molecular complexity index is 591. The molecule has 0 bridgehead atoms. The van der Waals surface area contributed by atoms with Gasteiger partial charge in [-0.15, -0.1) is 0 Å². The number of rotatable bonds is 6. The van der Waals surface area contributed by atoms with Gasteiger partial charge in [-0.05, 0) is 76.1 Å². The van der Waals surface area contributed by atoms with E-state index in [1.54, 1.807) is 24.3 Å². The van der Waals surface area contributed by atoms with Crippen molar-refractivity contribution in [2.75, 3.05) is 39.3 Å². The molecular weight excluding hydrogens is 330 g/mol. The van der Waals surface area contributed by atoms with Crippen LogP contribution in [-0.2, 0) is 4.74 Å². The molecular formula is C20H29N3O3. The van der Waals surface area contributed by atoms with Crippen molar-refractivity contribution in [2.24, 2.45) is 0 Å². The normalized spacial score (nSPS) is 19.1. The van der Waals surface area contributed by atoms with Crippen molar-refractivity contribution < 1.29 is 14.3 Å². The number of nitrogens with one attached hydrogen (secondary N) is 2. The molecule has 2 saturated heterocycles. The molecule has 1 amide bonds. The largest absolute Gasteiger partial charge is 0.459 e. The minimum atomic E-state index is -0.311. The molecule has 2 heterocycles. The maximum atomic E-state index is 12.2. The summed E-state index contributed by atoms with van der Waals surface area (Å²) in [7, 11) is 0. The summed E-state index contributed by atoms with van der Waals surface area (Å²) in [6.45, 7) is 5.57. The molecule has 6 heteroatoms. The number of hydrogen-bond donors (Lipinski definition) is 2. The van der Waals surface area contributed by atoms with Gasteiger partial charge in [0.15, 0.2) is 0 Å². The zero-order valence-electron chi connectivity index (χ0n) is 15.3. The lowest BCUT2D eigenvalue weighted by Gasteiger charge is -2.26. The number of nitrogens with zero attached hydrogens (tertiary/aromatic N) is 1. The van der Waals surface area contributed by atoms with Crippen molar-refractivity contribution in [3.63, 3.8) is 0 Å². The molecule has 0 atom stereocenters. The number of carbonyl (C=O) groups excluding carboxylic acids is 2. The average molecular weight is 359 g/mol. The van der Waals surface area contributed by atoms with Gasteiger partial charge in [-0.1, -0.05) is 6.42 Å². The van der Waals surface area contributed by atoms with Crippen LogP contribution in [0.3, 0.4) is 0 Å². The van der Waals surface area contributed by atoms with Crippen LogP contribution < -0.4 is 10.6 Å². The van der Waals surface area contributed by atoms with Crippen molar-refractivity contribution in [3.8, 4) is 0 Å². The maximum absolute atomic E-state index is 12.2. The number of benzene rings is 1. The molecule has 6 nitrogen and oxygen atoms in total. The van der Waals surface area contributed by atoms with Gasteiger partial charge in [0.05, 0.1) is 5.56 Å². The first-order chi connectivity index (χ1) is 12.7. The lowest BCUT2D eigenvalue weighted by atomic mass is 10.1. The molecule has 2 aliphatic heterocycles. The lowest BCUT2D eigenvalue weighted by Crippen LogP contribution is -2.37. The molecule has 1 aromatic carbocycles. The molecule has 0 aliphatic carbocycles. The smallest absolute Gasteiger partial charge is 0.338 e. The van der Waals surface area contributed by atoms with Gasteiger partial charge in [-0.2, -0.15) is 0 Å². The Morgan fingerprint density at radius 1 is 1.04 bits per heavy atom. The van der Waals surface area contributed by atoms with E-state index in [9.17, 15) is 9.59 Å². The van der Waals surface area contributed by atoms with E-state index in [1.165, 1.54) is 19.3 Å². The lowest BCUT2D eigenvalue weighted by molar-refractivity contribution is 0.0229. The van der Waals surface area contributed by atoms with Crippen LogP contribution in [0.2, 0.25) is 0 Å². The number of esters is 1. The first-order valence-corrected chi connectivity index (χ1v) is 9.75. The summed E-state index contributed by atoms with van der Waals surface area (Å²) in [5, 5.41) is 6.20. The summed E-state index contributed by atoms with van der Waals surface area (Å²) in [6, 6.07) is 6.72.